The summed E-state index contributed by atoms with van der Waals surface area (Å²) in [6.45, 7) is -0.775. The van der Waals surface area contributed by atoms with Crippen molar-refractivity contribution in [1.82, 2.24) is 0 Å². The van der Waals surface area contributed by atoms with Crippen molar-refractivity contribution < 1.29 is 18.3 Å². The van der Waals surface area contributed by atoms with Crippen LogP contribution in [0.1, 0.15) is 12.5 Å². The van der Waals surface area contributed by atoms with Crippen LogP contribution in [0.5, 0.6) is 11.5 Å². The Balaban J connectivity index is 2.99. The Morgan fingerprint density at radius 1 is 1.40 bits per heavy atom. The van der Waals surface area contributed by atoms with E-state index in [2.05, 4.69) is 10.7 Å². The molecule has 1 aromatic carbocycles. The molecule has 80 valence electrons. The van der Waals surface area contributed by atoms with Gasteiger partial charge in [-0.25, -0.2) is 0 Å². The maximum absolute atomic E-state index is 12.0. The number of alkyl halides is 2. The van der Waals surface area contributed by atoms with Crippen molar-refractivity contribution in [2.24, 2.45) is 0 Å². The van der Waals surface area contributed by atoms with E-state index >= 15 is 0 Å². The molecule has 2 nitrogen and oxygen atoms in total. The van der Waals surface area contributed by atoms with Gasteiger partial charge in [-0.15, -0.1) is 6.42 Å². The molecule has 0 fully saturated rings. The van der Waals surface area contributed by atoms with Crippen LogP contribution in [0.25, 0.3) is 0 Å². The molecule has 0 spiro atoms. The minimum Gasteiger partial charge on any atom is -0.490 e. The summed E-state index contributed by atoms with van der Waals surface area (Å²) in [5.41, 5.74) is 0.556. The molecule has 15 heavy (non-hydrogen) atoms. The van der Waals surface area contributed by atoms with Gasteiger partial charge in [0.25, 0.3) is 0 Å². The molecule has 0 radical (unpaired) electrons. The van der Waals surface area contributed by atoms with Gasteiger partial charge in [0.05, 0.1) is 6.61 Å². The molecule has 0 aliphatic heterocycles. The van der Waals surface area contributed by atoms with Crippen LogP contribution in [0.2, 0.25) is 0 Å². The van der Waals surface area contributed by atoms with Crippen molar-refractivity contribution in [3.8, 4) is 23.8 Å². The van der Waals surface area contributed by atoms with Crippen LogP contribution >= 0.6 is 0 Å². The topological polar surface area (TPSA) is 18.5 Å². The third-order valence-electron chi connectivity index (χ3n) is 1.63. The van der Waals surface area contributed by atoms with E-state index in [1.54, 1.807) is 6.92 Å². The fourth-order valence-electron chi connectivity index (χ4n) is 1.06. The second-order valence-corrected chi connectivity index (χ2v) is 2.62. The Hall–Kier alpha value is -1.76. The molecule has 0 aromatic heterocycles. The van der Waals surface area contributed by atoms with Gasteiger partial charge < -0.3 is 9.47 Å². The minimum atomic E-state index is -2.87. The number of rotatable bonds is 4. The quantitative estimate of drug-likeness (QED) is 0.714. The number of benzene rings is 1. The van der Waals surface area contributed by atoms with Crippen LogP contribution in [0.4, 0.5) is 8.78 Å². The molecule has 0 bridgehead atoms. The molecule has 0 unspecified atom stereocenters. The molecule has 1 aromatic rings. The summed E-state index contributed by atoms with van der Waals surface area (Å²) in [4.78, 5) is 0. The summed E-state index contributed by atoms with van der Waals surface area (Å²) in [7, 11) is 0. The highest BCUT2D eigenvalue weighted by Gasteiger charge is 2.10. The average molecular weight is 212 g/mol. The van der Waals surface area contributed by atoms with Gasteiger partial charge in [-0.2, -0.15) is 8.78 Å². The lowest BCUT2D eigenvalue weighted by molar-refractivity contribution is -0.0514. The predicted molar refractivity (Wildman–Crippen MR) is 52.2 cm³/mol. The molecule has 0 N–H and O–H groups in total. The van der Waals surface area contributed by atoms with E-state index in [-0.39, 0.29) is 11.5 Å². The highest BCUT2D eigenvalue weighted by Crippen LogP contribution is 2.29. The summed E-state index contributed by atoms with van der Waals surface area (Å²) in [5.74, 6) is 2.60. The molecule has 0 amide bonds. The summed E-state index contributed by atoms with van der Waals surface area (Å²) < 4.78 is 33.4. The minimum absolute atomic E-state index is 0.00847. The second kappa shape index (κ2) is 5.20. The van der Waals surface area contributed by atoms with E-state index < -0.39 is 6.61 Å². The van der Waals surface area contributed by atoms with Crippen LogP contribution in [0, 0.1) is 12.3 Å². The standard InChI is InChI=1S/C11H10F2O2/c1-3-8-5-6-9(15-11(12)13)10(7-8)14-4-2/h1,5-7,11H,4H2,2H3. The molecule has 0 saturated carbocycles. The first-order valence-electron chi connectivity index (χ1n) is 4.35. The first-order valence-corrected chi connectivity index (χ1v) is 4.35. The lowest BCUT2D eigenvalue weighted by atomic mass is 10.2. The molecule has 1 rings (SSSR count). The molecule has 4 heteroatoms. The molecule has 0 atom stereocenters. The van der Waals surface area contributed by atoms with Gasteiger partial charge in [-0.1, -0.05) is 5.92 Å². The highest BCUT2D eigenvalue weighted by atomic mass is 19.3. The molecule has 0 aliphatic carbocycles. The van der Waals surface area contributed by atoms with Gasteiger partial charge in [-0.3, -0.25) is 0 Å². The van der Waals surface area contributed by atoms with E-state index in [9.17, 15) is 8.78 Å². The lowest BCUT2D eigenvalue weighted by Gasteiger charge is -2.11. The van der Waals surface area contributed by atoms with Crippen molar-refractivity contribution in [1.29, 1.82) is 0 Å². The third-order valence-corrected chi connectivity index (χ3v) is 1.63. The Morgan fingerprint density at radius 2 is 2.13 bits per heavy atom. The highest BCUT2D eigenvalue weighted by molar-refractivity contribution is 5.47. The largest absolute Gasteiger partial charge is 0.490 e. The number of hydrogen-bond acceptors (Lipinski definition) is 2. The predicted octanol–water partition coefficient (Wildman–Crippen LogP) is 2.67. The lowest BCUT2D eigenvalue weighted by Crippen LogP contribution is -2.04. The van der Waals surface area contributed by atoms with Gasteiger partial charge in [0.1, 0.15) is 0 Å². The zero-order valence-electron chi connectivity index (χ0n) is 8.17. The Kier molecular flexibility index (Phi) is 3.92. The number of ether oxygens (including phenoxy) is 2. The zero-order valence-corrected chi connectivity index (χ0v) is 8.17. The summed E-state index contributed by atoms with van der Waals surface area (Å²) >= 11 is 0. The Bertz CT molecular complexity index is 369. The zero-order chi connectivity index (χ0) is 11.3. The van der Waals surface area contributed by atoms with Crippen LogP contribution in [-0.4, -0.2) is 13.2 Å². The monoisotopic (exact) mass is 212 g/mol. The van der Waals surface area contributed by atoms with Gasteiger partial charge in [-0.05, 0) is 25.1 Å². The van der Waals surface area contributed by atoms with Gasteiger partial charge in [0.2, 0.25) is 0 Å². The maximum Gasteiger partial charge on any atom is 0.387 e. The van der Waals surface area contributed by atoms with Gasteiger partial charge in [0, 0.05) is 5.56 Å². The van der Waals surface area contributed by atoms with E-state index in [0.717, 1.165) is 0 Å². The summed E-state index contributed by atoms with van der Waals surface area (Å²) in [5, 5.41) is 0. The first kappa shape index (κ1) is 11.3. The van der Waals surface area contributed by atoms with E-state index in [1.807, 2.05) is 0 Å². The first-order chi connectivity index (χ1) is 7.17. The average Bonchev–Trinajstić information content (AvgIpc) is 2.20. The van der Waals surface area contributed by atoms with Crippen molar-refractivity contribution in [2.75, 3.05) is 6.61 Å². The van der Waals surface area contributed by atoms with Gasteiger partial charge in [0.15, 0.2) is 11.5 Å². The molecule has 0 heterocycles. The fourth-order valence-corrected chi connectivity index (χ4v) is 1.06. The number of halogens is 2. The van der Waals surface area contributed by atoms with Crippen molar-refractivity contribution in [2.45, 2.75) is 13.5 Å². The summed E-state index contributed by atoms with van der Waals surface area (Å²) in [6.07, 6.45) is 5.17. The smallest absolute Gasteiger partial charge is 0.387 e. The van der Waals surface area contributed by atoms with Crippen molar-refractivity contribution in [3.63, 3.8) is 0 Å². The molecule has 0 saturated heterocycles. The molecular formula is C11H10F2O2. The Morgan fingerprint density at radius 3 is 2.67 bits per heavy atom. The van der Waals surface area contributed by atoms with Crippen molar-refractivity contribution >= 4 is 0 Å². The van der Waals surface area contributed by atoms with E-state index in [0.29, 0.717) is 12.2 Å². The van der Waals surface area contributed by atoms with Crippen molar-refractivity contribution in [3.05, 3.63) is 23.8 Å². The van der Waals surface area contributed by atoms with Crippen LogP contribution in [0.3, 0.4) is 0 Å². The van der Waals surface area contributed by atoms with Gasteiger partial charge >= 0.3 is 6.61 Å². The number of hydrogen-bond donors (Lipinski definition) is 0. The van der Waals surface area contributed by atoms with E-state index in [4.69, 9.17) is 11.2 Å². The number of terminal acetylenes is 1. The molecule has 0 aliphatic rings. The van der Waals surface area contributed by atoms with E-state index in [1.165, 1.54) is 18.2 Å². The van der Waals surface area contributed by atoms with Crippen LogP contribution in [-0.2, 0) is 0 Å². The Labute approximate surface area is 86.8 Å². The third kappa shape index (κ3) is 3.13. The molecular weight excluding hydrogens is 202 g/mol. The second-order valence-electron chi connectivity index (χ2n) is 2.62. The SMILES string of the molecule is C#Cc1ccc(OC(F)F)c(OCC)c1. The summed E-state index contributed by atoms with van der Waals surface area (Å²) in [6, 6.07) is 4.37. The normalized spacial score (nSPS) is 9.80. The van der Waals surface area contributed by atoms with Crippen LogP contribution < -0.4 is 9.47 Å². The fraction of sp³-hybridized carbons (Fsp3) is 0.273. The maximum atomic E-state index is 12.0. The van der Waals surface area contributed by atoms with Crippen LogP contribution in [0.15, 0.2) is 18.2 Å².